The van der Waals surface area contributed by atoms with Gasteiger partial charge in [0, 0.05) is 19.0 Å². The highest BCUT2D eigenvalue weighted by Crippen LogP contribution is 2.38. The fourth-order valence-corrected chi connectivity index (χ4v) is 3.14. The van der Waals surface area contributed by atoms with Crippen molar-refractivity contribution in [3.8, 4) is 0 Å². The number of rotatable bonds is 3. The van der Waals surface area contributed by atoms with Crippen molar-refractivity contribution in [3.05, 3.63) is 29.3 Å². The van der Waals surface area contributed by atoms with Crippen molar-refractivity contribution in [1.82, 2.24) is 0 Å². The van der Waals surface area contributed by atoms with Crippen LogP contribution in [0.15, 0.2) is 12.1 Å². The summed E-state index contributed by atoms with van der Waals surface area (Å²) in [4.78, 5) is 1.76. The summed E-state index contributed by atoms with van der Waals surface area (Å²) >= 11 is 5.64. The van der Waals surface area contributed by atoms with Gasteiger partial charge in [0.1, 0.15) is 17.3 Å². The van der Waals surface area contributed by atoms with Crippen LogP contribution in [0.5, 0.6) is 0 Å². The summed E-state index contributed by atoms with van der Waals surface area (Å²) < 4.78 is 28.2. The van der Waals surface area contributed by atoms with Crippen LogP contribution in [0.3, 0.4) is 0 Å². The first-order chi connectivity index (χ1) is 9.34. The molecule has 4 heteroatoms. The second-order valence-corrected chi connectivity index (χ2v) is 6.82. The second kappa shape index (κ2) is 5.88. The summed E-state index contributed by atoms with van der Waals surface area (Å²) in [5, 5.41) is 0. The van der Waals surface area contributed by atoms with Gasteiger partial charge in [0.2, 0.25) is 0 Å². The third-order valence-corrected chi connectivity index (χ3v) is 4.75. The Hall–Kier alpha value is -0.830. The van der Waals surface area contributed by atoms with Crippen LogP contribution in [0.25, 0.3) is 0 Å². The standard InChI is InChI=1S/C16H22ClF2N/c1-16(2)6-4-12(5-7-16)20(3)15-13(18)8-11(10-17)9-14(15)19/h8-9,12H,4-7,10H2,1-3H3. The van der Waals surface area contributed by atoms with E-state index >= 15 is 0 Å². The van der Waals surface area contributed by atoms with Crippen molar-refractivity contribution < 1.29 is 8.78 Å². The predicted octanol–water partition coefficient (Wildman–Crippen LogP) is 5.11. The zero-order valence-electron chi connectivity index (χ0n) is 12.3. The van der Waals surface area contributed by atoms with E-state index in [0.29, 0.717) is 11.0 Å². The van der Waals surface area contributed by atoms with Gasteiger partial charge < -0.3 is 4.90 Å². The molecule has 0 aliphatic heterocycles. The minimum atomic E-state index is -0.520. The highest BCUT2D eigenvalue weighted by Gasteiger charge is 2.30. The molecule has 1 nitrogen and oxygen atoms in total. The Morgan fingerprint density at radius 3 is 2.15 bits per heavy atom. The topological polar surface area (TPSA) is 3.24 Å². The lowest BCUT2D eigenvalue weighted by atomic mass is 9.75. The van der Waals surface area contributed by atoms with E-state index in [1.165, 1.54) is 12.1 Å². The normalized spacial score (nSPS) is 19.1. The third-order valence-electron chi connectivity index (χ3n) is 4.44. The van der Waals surface area contributed by atoms with Crippen LogP contribution < -0.4 is 4.90 Å². The molecule has 0 bridgehead atoms. The van der Waals surface area contributed by atoms with E-state index in [-0.39, 0.29) is 17.6 Å². The van der Waals surface area contributed by atoms with Crippen molar-refractivity contribution in [3.63, 3.8) is 0 Å². The molecule has 0 spiro atoms. The Labute approximate surface area is 124 Å². The van der Waals surface area contributed by atoms with Gasteiger partial charge >= 0.3 is 0 Å². The predicted molar refractivity (Wildman–Crippen MR) is 80.4 cm³/mol. The van der Waals surface area contributed by atoms with E-state index in [0.717, 1.165) is 25.7 Å². The maximum absolute atomic E-state index is 14.1. The van der Waals surface area contributed by atoms with Crippen molar-refractivity contribution in [2.24, 2.45) is 5.41 Å². The van der Waals surface area contributed by atoms with E-state index in [2.05, 4.69) is 13.8 Å². The Bertz CT molecular complexity index is 454. The van der Waals surface area contributed by atoms with Crippen LogP contribution in [0, 0.1) is 17.0 Å². The molecule has 0 atom stereocenters. The monoisotopic (exact) mass is 301 g/mol. The molecule has 20 heavy (non-hydrogen) atoms. The molecule has 1 aromatic carbocycles. The molecule has 1 aliphatic carbocycles. The molecule has 0 aromatic heterocycles. The first-order valence-corrected chi connectivity index (χ1v) is 7.64. The summed E-state index contributed by atoms with van der Waals surface area (Å²) in [7, 11) is 1.78. The van der Waals surface area contributed by atoms with Crippen LogP contribution in [0.4, 0.5) is 14.5 Å². The molecule has 1 saturated carbocycles. The lowest BCUT2D eigenvalue weighted by molar-refractivity contribution is 0.222. The van der Waals surface area contributed by atoms with Gasteiger partial charge in [-0.05, 0) is 48.8 Å². The highest BCUT2D eigenvalue weighted by molar-refractivity contribution is 6.17. The van der Waals surface area contributed by atoms with Gasteiger partial charge in [-0.15, -0.1) is 11.6 Å². The summed E-state index contributed by atoms with van der Waals surface area (Å²) in [6.07, 6.45) is 4.12. The molecule has 112 valence electrons. The molecule has 0 unspecified atom stereocenters. The van der Waals surface area contributed by atoms with E-state index in [1.54, 1.807) is 11.9 Å². The lowest BCUT2D eigenvalue weighted by Crippen LogP contribution is -2.38. The van der Waals surface area contributed by atoms with E-state index in [9.17, 15) is 8.78 Å². The number of hydrogen-bond donors (Lipinski definition) is 0. The van der Waals surface area contributed by atoms with Crippen LogP contribution in [-0.4, -0.2) is 13.1 Å². The van der Waals surface area contributed by atoms with Gasteiger partial charge in [0.25, 0.3) is 0 Å². The fraction of sp³-hybridized carbons (Fsp3) is 0.625. The molecule has 1 aliphatic rings. The molecule has 0 amide bonds. The minimum Gasteiger partial charge on any atom is -0.367 e. The highest BCUT2D eigenvalue weighted by atomic mass is 35.5. The van der Waals surface area contributed by atoms with Crippen LogP contribution >= 0.6 is 11.6 Å². The Kier molecular flexibility index (Phi) is 4.58. The van der Waals surface area contributed by atoms with Crippen molar-refractivity contribution in [1.29, 1.82) is 0 Å². The molecule has 1 aromatic rings. The van der Waals surface area contributed by atoms with Gasteiger partial charge in [-0.3, -0.25) is 0 Å². The van der Waals surface area contributed by atoms with Crippen LogP contribution in [0.2, 0.25) is 0 Å². The van der Waals surface area contributed by atoms with E-state index < -0.39 is 11.6 Å². The van der Waals surface area contributed by atoms with E-state index in [4.69, 9.17) is 11.6 Å². The average Bonchev–Trinajstić information content (AvgIpc) is 2.37. The number of benzene rings is 1. The largest absolute Gasteiger partial charge is 0.367 e. The molecule has 0 N–H and O–H groups in total. The van der Waals surface area contributed by atoms with Crippen LogP contribution in [-0.2, 0) is 5.88 Å². The number of halogens is 3. The molecule has 0 heterocycles. The van der Waals surface area contributed by atoms with Gasteiger partial charge in [0.15, 0.2) is 0 Å². The lowest BCUT2D eigenvalue weighted by Gasteiger charge is -2.39. The maximum Gasteiger partial charge on any atom is 0.149 e. The number of hydrogen-bond acceptors (Lipinski definition) is 1. The van der Waals surface area contributed by atoms with E-state index in [1.807, 2.05) is 0 Å². The second-order valence-electron chi connectivity index (χ2n) is 6.55. The zero-order valence-corrected chi connectivity index (χ0v) is 13.1. The molecule has 0 saturated heterocycles. The minimum absolute atomic E-state index is 0.0728. The third kappa shape index (κ3) is 3.25. The van der Waals surface area contributed by atoms with Crippen molar-refractivity contribution in [2.45, 2.75) is 51.5 Å². The van der Waals surface area contributed by atoms with Crippen molar-refractivity contribution in [2.75, 3.05) is 11.9 Å². The van der Waals surface area contributed by atoms with Gasteiger partial charge in [0.05, 0.1) is 0 Å². The Morgan fingerprint density at radius 2 is 1.70 bits per heavy atom. The maximum atomic E-state index is 14.1. The first kappa shape index (κ1) is 15.6. The summed E-state index contributed by atoms with van der Waals surface area (Å²) in [5.74, 6) is -0.920. The number of nitrogens with zero attached hydrogens (tertiary/aromatic N) is 1. The van der Waals surface area contributed by atoms with Gasteiger partial charge in [-0.2, -0.15) is 0 Å². The summed E-state index contributed by atoms with van der Waals surface area (Å²) in [6, 6.07) is 2.86. The average molecular weight is 302 g/mol. The molecule has 2 rings (SSSR count). The molecular formula is C16H22ClF2N. The summed E-state index contributed by atoms with van der Waals surface area (Å²) in [6.45, 7) is 4.50. The van der Waals surface area contributed by atoms with Crippen molar-refractivity contribution >= 4 is 17.3 Å². The van der Waals surface area contributed by atoms with Crippen LogP contribution in [0.1, 0.15) is 45.1 Å². The van der Waals surface area contributed by atoms with Gasteiger partial charge in [-0.1, -0.05) is 13.8 Å². The Morgan fingerprint density at radius 1 is 1.20 bits per heavy atom. The Balaban J connectivity index is 2.19. The molecule has 1 fully saturated rings. The molecular weight excluding hydrogens is 280 g/mol. The quantitative estimate of drug-likeness (QED) is 0.701. The fourth-order valence-electron chi connectivity index (χ4n) is 2.99. The summed E-state index contributed by atoms with van der Waals surface area (Å²) in [5.41, 5.74) is 0.892. The smallest absolute Gasteiger partial charge is 0.149 e. The zero-order chi connectivity index (χ0) is 14.9. The van der Waals surface area contributed by atoms with Gasteiger partial charge in [-0.25, -0.2) is 8.78 Å². The number of anilines is 1. The molecule has 0 radical (unpaired) electrons. The SMILES string of the molecule is CN(c1c(F)cc(CCl)cc1F)C1CCC(C)(C)CC1. The first-order valence-electron chi connectivity index (χ1n) is 7.11. The number of alkyl halides is 1.